The third-order valence-corrected chi connectivity index (χ3v) is 5.93. The second-order valence-corrected chi connectivity index (χ2v) is 7.67. The van der Waals surface area contributed by atoms with Crippen molar-refractivity contribution in [2.75, 3.05) is 0 Å². The van der Waals surface area contributed by atoms with Crippen molar-refractivity contribution in [3.05, 3.63) is 89.0 Å². The number of carbonyl (C=O) groups is 2. The highest BCUT2D eigenvalue weighted by Crippen LogP contribution is 2.47. The quantitative estimate of drug-likeness (QED) is 0.698. The molecular weight excluding hydrogens is 346 g/mol. The van der Waals surface area contributed by atoms with Gasteiger partial charge in [0.05, 0.1) is 16.8 Å². The van der Waals surface area contributed by atoms with Gasteiger partial charge in [0.1, 0.15) is 11.6 Å². The van der Waals surface area contributed by atoms with Crippen LogP contribution >= 0.6 is 0 Å². The summed E-state index contributed by atoms with van der Waals surface area (Å²) in [5.74, 6) is -0.0816. The van der Waals surface area contributed by atoms with Gasteiger partial charge in [0.2, 0.25) is 0 Å². The molecule has 3 nitrogen and oxygen atoms in total. The fraction of sp³-hybridized carbons (Fsp3) is 0.240. The molecular formula is C25H23NO2. The third kappa shape index (κ3) is 3.18. The number of carbonyl (C=O) groups excluding carboxylic acids is 2. The largest absolute Gasteiger partial charge is 0.299 e. The smallest absolute Gasteiger partial charge is 0.143 e. The first-order valence-corrected chi connectivity index (χ1v) is 9.63. The molecule has 140 valence electrons. The molecule has 0 saturated heterocycles. The average molecular weight is 369 g/mol. The minimum atomic E-state index is -0.915. The number of aliphatic imine (C=N–C) groups is 1. The Kier molecular flexibility index (Phi) is 4.68. The molecule has 0 amide bonds. The molecule has 1 aliphatic heterocycles. The molecule has 1 heterocycles. The lowest BCUT2D eigenvalue weighted by Crippen LogP contribution is -2.34. The first-order valence-electron chi connectivity index (χ1n) is 9.63. The molecule has 2 aliphatic rings. The minimum Gasteiger partial charge on any atom is -0.299 e. The third-order valence-electron chi connectivity index (χ3n) is 5.93. The Hall–Kier alpha value is -3.07. The molecule has 2 aromatic carbocycles. The van der Waals surface area contributed by atoms with E-state index in [2.05, 4.69) is 18.2 Å². The maximum Gasteiger partial charge on any atom is 0.143 e. The van der Waals surface area contributed by atoms with Gasteiger partial charge in [-0.15, -0.1) is 0 Å². The van der Waals surface area contributed by atoms with Gasteiger partial charge in [-0.2, -0.15) is 0 Å². The van der Waals surface area contributed by atoms with Crippen molar-refractivity contribution in [3.8, 4) is 0 Å². The Labute approximate surface area is 165 Å². The van der Waals surface area contributed by atoms with E-state index in [0.29, 0.717) is 19.3 Å². The van der Waals surface area contributed by atoms with Gasteiger partial charge in [0.15, 0.2) is 0 Å². The topological polar surface area (TPSA) is 46.5 Å². The van der Waals surface area contributed by atoms with E-state index in [9.17, 15) is 9.59 Å². The molecule has 0 spiro atoms. The van der Waals surface area contributed by atoms with Crippen molar-refractivity contribution in [2.45, 2.75) is 33.1 Å². The number of benzene rings is 2. The number of hydrogen-bond acceptors (Lipinski definition) is 3. The fourth-order valence-electron chi connectivity index (χ4n) is 4.20. The molecule has 0 saturated carbocycles. The molecule has 0 radical (unpaired) electrons. The number of Topliss-reactive ketones (excluding diaryl/α,β-unsaturated/α-hetero) is 2. The molecule has 1 aliphatic carbocycles. The normalized spacial score (nSPS) is 18.1. The van der Waals surface area contributed by atoms with E-state index in [1.165, 1.54) is 0 Å². The number of hydrogen-bond donors (Lipinski definition) is 0. The van der Waals surface area contributed by atoms with Gasteiger partial charge in [-0.25, -0.2) is 0 Å². The van der Waals surface area contributed by atoms with Gasteiger partial charge in [0, 0.05) is 12.0 Å². The van der Waals surface area contributed by atoms with Crippen LogP contribution in [0.15, 0.2) is 82.9 Å². The van der Waals surface area contributed by atoms with Crippen molar-refractivity contribution < 1.29 is 9.59 Å². The van der Waals surface area contributed by atoms with Gasteiger partial charge in [-0.3, -0.25) is 14.6 Å². The molecule has 0 aromatic heterocycles. The minimum absolute atomic E-state index is 0.0408. The lowest BCUT2D eigenvalue weighted by atomic mass is 9.76. The van der Waals surface area contributed by atoms with Gasteiger partial charge < -0.3 is 0 Å². The van der Waals surface area contributed by atoms with Gasteiger partial charge in [-0.1, -0.05) is 66.2 Å². The first-order chi connectivity index (χ1) is 13.5. The molecule has 0 bridgehead atoms. The van der Waals surface area contributed by atoms with Crippen LogP contribution in [0, 0.1) is 5.41 Å². The summed E-state index contributed by atoms with van der Waals surface area (Å²) in [6.45, 7) is 3.09. The van der Waals surface area contributed by atoms with E-state index in [1.54, 1.807) is 13.8 Å². The van der Waals surface area contributed by atoms with Crippen molar-refractivity contribution in [3.63, 3.8) is 0 Å². The zero-order valence-corrected chi connectivity index (χ0v) is 16.2. The van der Waals surface area contributed by atoms with E-state index in [-0.39, 0.29) is 11.6 Å². The summed E-state index contributed by atoms with van der Waals surface area (Å²) < 4.78 is 0. The van der Waals surface area contributed by atoms with Gasteiger partial charge in [-0.05, 0) is 43.9 Å². The van der Waals surface area contributed by atoms with Crippen molar-refractivity contribution in [1.82, 2.24) is 0 Å². The van der Waals surface area contributed by atoms with E-state index >= 15 is 0 Å². The molecule has 2 aromatic rings. The standard InChI is InChI=1S/C25H23NO2/c1-17(27)25(18(2)28)15-21-13-23(19-9-5-3-6-10-19)26-24(14-22(21)16-25)20-11-7-4-8-12-20/h3-13H,14-16H2,1-2H3. The molecule has 3 heteroatoms. The zero-order chi connectivity index (χ0) is 19.7. The highest BCUT2D eigenvalue weighted by atomic mass is 16.2. The summed E-state index contributed by atoms with van der Waals surface area (Å²) in [7, 11) is 0. The van der Waals surface area contributed by atoms with Crippen molar-refractivity contribution in [1.29, 1.82) is 0 Å². The summed E-state index contributed by atoms with van der Waals surface area (Å²) in [4.78, 5) is 29.9. The summed E-state index contributed by atoms with van der Waals surface area (Å²) in [5, 5.41) is 0. The molecule has 4 rings (SSSR count). The Morgan fingerprint density at radius 2 is 1.39 bits per heavy atom. The second-order valence-electron chi connectivity index (χ2n) is 7.67. The number of allylic oxidation sites excluding steroid dienone is 3. The maximum absolute atomic E-state index is 12.4. The van der Waals surface area contributed by atoms with Crippen LogP contribution in [0.5, 0.6) is 0 Å². The summed E-state index contributed by atoms with van der Waals surface area (Å²) >= 11 is 0. The van der Waals surface area contributed by atoms with Crippen LogP contribution in [0.1, 0.15) is 44.2 Å². The monoisotopic (exact) mass is 369 g/mol. The molecule has 0 N–H and O–H groups in total. The van der Waals surface area contributed by atoms with E-state index in [1.807, 2.05) is 48.5 Å². The SMILES string of the molecule is CC(=O)C1(C(C)=O)CC2=C(CC(c3ccccc3)=NC(c3ccccc3)=C2)C1. The Morgan fingerprint density at radius 1 is 0.821 bits per heavy atom. The van der Waals surface area contributed by atoms with Crippen molar-refractivity contribution in [2.24, 2.45) is 10.4 Å². The summed E-state index contributed by atoms with van der Waals surface area (Å²) in [5.41, 5.74) is 5.28. The van der Waals surface area contributed by atoms with Crippen LogP contribution in [0.4, 0.5) is 0 Å². The van der Waals surface area contributed by atoms with E-state index < -0.39 is 5.41 Å². The molecule has 0 unspecified atom stereocenters. The lowest BCUT2D eigenvalue weighted by Gasteiger charge is -2.23. The van der Waals surface area contributed by atoms with Crippen molar-refractivity contribution >= 4 is 23.0 Å². The zero-order valence-electron chi connectivity index (χ0n) is 16.2. The Bertz CT molecular complexity index is 1010. The Morgan fingerprint density at radius 3 is 1.96 bits per heavy atom. The predicted molar refractivity (Wildman–Crippen MR) is 112 cm³/mol. The first kappa shape index (κ1) is 18.3. The average Bonchev–Trinajstić information content (AvgIpc) is 2.98. The number of ketones is 2. The Balaban J connectivity index is 1.83. The molecule has 0 atom stereocenters. The van der Waals surface area contributed by atoms with Crippen LogP contribution in [0.2, 0.25) is 0 Å². The van der Waals surface area contributed by atoms with E-state index in [4.69, 9.17) is 4.99 Å². The number of rotatable bonds is 4. The predicted octanol–water partition coefficient (Wildman–Crippen LogP) is 5.18. The van der Waals surface area contributed by atoms with Crippen LogP contribution in [-0.2, 0) is 9.59 Å². The number of nitrogens with zero attached hydrogens (tertiary/aromatic N) is 1. The maximum atomic E-state index is 12.4. The fourth-order valence-corrected chi connectivity index (χ4v) is 4.20. The summed E-state index contributed by atoms with van der Waals surface area (Å²) in [6.07, 6.45) is 3.71. The highest BCUT2D eigenvalue weighted by molar-refractivity contribution is 6.09. The second kappa shape index (κ2) is 7.16. The molecule has 0 fully saturated rings. The van der Waals surface area contributed by atoms with Crippen LogP contribution in [0.3, 0.4) is 0 Å². The van der Waals surface area contributed by atoms with Gasteiger partial charge in [0.25, 0.3) is 0 Å². The summed E-state index contributed by atoms with van der Waals surface area (Å²) in [6, 6.07) is 20.2. The highest BCUT2D eigenvalue weighted by Gasteiger charge is 2.46. The molecule has 28 heavy (non-hydrogen) atoms. The van der Waals surface area contributed by atoms with Crippen LogP contribution < -0.4 is 0 Å². The van der Waals surface area contributed by atoms with Crippen LogP contribution in [-0.4, -0.2) is 17.3 Å². The lowest BCUT2D eigenvalue weighted by molar-refractivity contribution is -0.137. The van der Waals surface area contributed by atoms with Gasteiger partial charge >= 0.3 is 0 Å². The van der Waals surface area contributed by atoms with E-state index in [0.717, 1.165) is 33.7 Å². The van der Waals surface area contributed by atoms with Crippen LogP contribution in [0.25, 0.3) is 5.70 Å².